The topological polar surface area (TPSA) is 83.5 Å². The number of anilines is 1. The lowest BCUT2D eigenvalue weighted by Crippen LogP contribution is -2.20. The molecule has 0 radical (unpaired) electrons. The van der Waals surface area contributed by atoms with E-state index in [1.165, 1.54) is 0 Å². The number of amides is 1. The fourth-order valence-corrected chi connectivity index (χ4v) is 1.65. The molecule has 108 valence electrons. The van der Waals surface area contributed by atoms with Gasteiger partial charge < -0.3 is 10.4 Å². The van der Waals surface area contributed by atoms with Gasteiger partial charge >= 0.3 is 5.97 Å². The number of aliphatic carboxylic acids is 1. The Balaban J connectivity index is 2.73. The van der Waals surface area contributed by atoms with E-state index in [0.29, 0.717) is 11.3 Å². The van der Waals surface area contributed by atoms with Crippen molar-refractivity contribution in [2.75, 3.05) is 5.32 Å². The molecule has 1 aromatic rings. The highest BCUT2D eigenvalue weighted by molar-refractivity contribution is 6.32. The summed E-state index contributed by atoms with van der Waals surface area (Å²) in [5, 5.41) is 10.6. The molecule has 1 rings (SSSR count). The molecule has 2 unspecified atom stereocenters. The van der Waals surface area contributed by atoms with Crippen molar-refractivity contribution in [3.05, 3.63) is 29.8 Å². The number of alkyl halides is 1. The van der Waals surface area contributed by atoms with Gasteiger partial charge in [-0.25, -0.2) is 0 Å². The molecule has 0 spiro atoms. The van der Waals surface area contributed by atoms with E-state index < -0.39 is 17.3 Å². The number of nitrogens with one attached hydrogen (secondary N) is 1. The van der Waals surface area contributed by atoms with E-state index in [4.69, 9.17) is 16.7 Å². The third-order valence-corrected chi connectivity index (χ3v) is 2.92. The fraction of sp³-hybridized carbons (Fsp3) is 0.357. The van der Waals surface area contributed by atoms with Crippen LogP contribution in [-0.2, 0) is 9.59 Å². The van der Waals surface area contributed by atoms with Gasteiger partial charge in [0.15, 0.2) is 5.78 Å². The summed E-state index contributed by atoms with van der Waals surface area (Å²) in [5.41, 5.74) is 0.945. The smallest absolute Gasteiger partial charge is 0.304 e. The number of halogens is 1. The first-order valence-electron chi connectivity index (χ1n) is 6.12. The molecular formula is C14H16ClNO4. The summed E-state index contributed by atoms with van der Waals surface area (Å²) < 4.78 is 0. The molecule has 0 fully saturated rings. The molecule has 1 aromatic carbocycles. The second-order valence-corrected chi connectivity index (χ2v) is 5.20. The van der Waals surface area contributed by atoms with Gasteiger partial charge in [-0.05, 0) is 31.2 Å². The number of carbonyl (C=O) groups is 3. The van der Waals surface area contributed by atoms with Gasteiger partial charge in [0.25, 0.3) is 0 Å². The first-order valence-corrected chi connectivity index (χ1v) is 6.56. The first kappa shape index (κ1) is 16.2. The van der Waals surface area contributed by atoms with Gasteiger partial charge in [-0.2, -0.15) is 0 Å². The summed E-state index contributed by atoms with van der Waals surface area (Å²) in [6, 6.07) is 6.26. The van der Waals surface area contributed by atoms with Gasteiger partial charge in [0.05, 0.1) is 6.42 Å². The average Bonchev–Trinajstić information content (AvgIpc) is 2.37. The van der Waals surface area contributed by atoms with Gasteiger partial charge in [-0.15, -0.1) is 11.6 Å². The van der Waals surface area contributed by atoms with Crippen LogP contribution in [0, 0.1) is 5.92 Å². The highest BCUT2D eigenvalue weighted by Gasteiger charge is 2.18. The van der Waals surface area contributed by atoms with Crippen LogP contribution in [0.15, 0.2) is 24.3 Å². The molecule has 0 aliphatic carbocycles. The molecule has 0 aromatic heterocycles. The standard InChI is InChI=1S/C14H16ClNO4/c1-8(7-12(17)18)13(19)10-3-5-11(6-4-10)16-14(20)9(2)15/h3-6,8-9H,7H2,1-2H3,(H,16,20)(H,17,18). The highest BCUT2D eigenvalue weighted by Crippen LogP contribution is 2.16. The number of rotatable bonds is 6. The average molecular weight is 298 g/mol. The van der Waals surface area contributed by atoms with E-state index in [1.807, 2.05) is 0 Å². The van der Waals surface area contributed by atoms with Crippen LogP contribution in [0.5, 0.6) is 0 Å². The Bertz CT molecular complexity index is 510. The van der Waals surface area contributed by atoms with Crippen molar-refractivity contribution in [3.63, 3.8) is 0 Å². The minimum absolute atomic E-state index is 0.207. The van der Waals surface area contributed by atoms with Crippen LogP contribution in [-0.4, -0.2) is 28.1 Å². The van der Waals surface area contributed by atoms with Crippen molar-refractivity contribution < 1.29 is 19.5 Å². The largest absolute Gasteiger partial charge is 0.481 e. The minimum atomic E-state index is -1.01. The molecule has 1 amide bonds. The number of hydrogen-bond donors (Lipinski definition) is 2. The Kier molecular flexibility index (Phi) is 5.70. The van der Waals surface area contributed by atoms with E-state index in [-0.39, 0.29) is 18.1 Å². The summed E-state index contributed by atoms with van der Waals surface area (Å²) in [7, 11) is 0. The molecule has 0 saturated carbocycles. The van der Waals surface area contributed by atoms with E-state index in [9.17, 15) is 14.4 Å². The Morgan fingerprint density at radius 2 is 1.75 bits per heavy atom. The van der Waals surface area contributed by atoms with E-state index in [0.717, 1.165) is 0 Å². The number of hydrogen-bond acceptors (Lipinski definition) is 3. The number of carboxylic acid groups (broad SMARTS) is 1. The second-order valence-electron chi connectivity index (χ2n) is 4.55. The Labute approximate surface area is 121 Å². The molecule has 0 saturated heterocycles. The van der Waals surface area contributed by atoms with Crippen LogP contribution >= 0.6 is 11.6 Å². The van der Waals surface area contributed by atoms with Gasteiger partial charge in [0.1, 0.15) is 5.38 Å². The van der Waals surface area contributed by atoms with E-state index in [2.05, 4.69) is 5.32 Å². The van der Waals surface area contributed by atoms with E-state index in [1.54, 1.807) is 38.1 Å². The zero-order valence-corrected chi connectivity index (χ0v) is 12.0. The molecule has 5 nitrogen and oxygen atoms in total. The molecule has 2 N–H and O–H groups in total. The number of carboxylic acids is 1. The normalized spacial score (nSPS) is 13.3. The summed E-state index contributed by atoms with van der Waals surface area (Å²) in [6.45, 7) is 3.13. The van der Waals surface area contributed by atoms with Gasteiger partial charge in [-0.3, -0.25) is 14.4 Å². The molecule has 0 aliphatic rings. The van der Waals surface area contributed by atoms with Crippen molar-refractivity contribution in [1.82, 2.24) is 0 Å². The van der Waals surface area contributed by atoms with Crippen molar-refractivity contribution in [2.24, 2.45) is 5.92 Å². The third kappa shape index (κ3) is 4.66. The lowest BCUT2D eigenvalue weighted by atomic mass is 9.96. The summed E-state index contributed by atoms with van der Waals surface area (Å²) in [6.07, 6.45) is -0.207. The van der Waals surface area contributed by atoms with E-state index >= 15 is 0 Å². The predicted octanol–water partition coefficient (Wildman–Crippen LogP) is 2.55. The van der Waals surface area contributed by atoms with Crippen LogP contribution in [0.25, 0.3) is 0 Å². The first-order chi connectivity index (χ1) is 9.31. The van der Waals surface area contributed by atoms with Gasteiger partial charge in [0, 0.05) is 17.2 Å². The maximum atomic E-state index is 12.0. The monoisotopic (exact) mass is 297 g/mol. The lowest BCUT2D eigenvalue weighted by Gasteiger charge is -2.09. The number of carbonyl (C=O) groups excluding carboxylic acids is 2. The Hall–Kier alpha value is -1.88. The Morgan fingerprint density at radius 3 is 2.20 bits per heavy atom. The van der Waals surface area contributed by atoms with Crippen LogP contribution < -0.4 is 5.32 Å². The molecule has 6 heteroatoms. The highest BCUT2D eigenvalue weighted by atomic mass is 35.5. The fourth-order valence-electron chi connectivity index (χ4n) is 1.60. The van der Waals surface area contributed by atoms with Crippen molar-refractivity contribution >= 4 is 34.9 Å². The Morgan fingerprint density at radius 1 is 1.20 bits per heavy atom. The minimum Gasteiger partial charge on any atom is -0.481 e. The third-order valence-electron chi connectivity index (χ3n) is 2.73. The number of benzene rings is 1. The zero-order chi connectivity index (χ0) is 15.3. The quantitative estimate of drug-likeness (QED) is 0.624. The summed E-state index contributed by atoms with van der Waals surface area (Å²) in [4.78, 5) is 33.9. The summed E-state index contributed by atoms with van der Waals surface area (Å²) in [5.74, 6) is -2.16. The van der Waals surface area contributed by atoms with Crippen LogP contribution in [0.4, 0.5) is 5.69 Å². The van der Waals surface area contributed by atoms with Crippen LogP contribution in [0.2, 0.25) is 0 Å². The molecule has 2 atom stereocenters. The van der Waals surface area contributed by atoms with Crippen LogP contribution in [0.1, 0.15) is 30.6 Å². The van der Waals surface area contributed by atoms with Crippen molar-refractivity contribution in [1.29, 1.82) is 0 Å². The van der Waals surface area contributed by atoms with Crippen molar-refractivity contribution in [3.8, 4) is 0 Å². The van der Waals surface area contributed by atoms with Crippen LogP contribution in [0.3, 0.4) is 0 Å². The number of Topliss-reactive ketones (excluding diaryl/α,β-unsaturated/α-hetero) is 1. The molecule has 0 aliphatic heterocycles. The van der Waals surface area contributed by atoms with Gasteiger partial charge in [-0.1, -0.05) is 6.92 Å². The molecule has 20 heavy (non-hydrogen) atoms. The SMILES string of the molecule is CC(Cl)C(=O)Nc1ccc(C(=O)C(C)CC(=O)O)cc1. The van der Waals surface area contributed by atoms with Gasteiger partial charge in [0.2, 0.25) is 5.91 Å². The molecule has 0 bridgehead atoms. The number of ketones is 1. The second kappa shape index (κ2) is 7.05. The lowest BCUT2D eigenvalue weighted by molar-refractivity contribution is -0.137. The summed E-state index contributed by atoms with van der Waals surface area (Å²) >= 11 is 5.63. The maximum Gasteiger partial charge on any atom is 0.304 e. The zero-order valence-electron chi connectivity index (χ0n) is 11.2. The molecule has 0 heterocycles. The molecular weight excluding hydrogens is 282 g/mol. The van der Waals surface area contributed by atoms with Crippen molar-refractivity contribution in [2.45, 2.75) is 25.6 Å². The predicted molar refractivity (Wildman–Crippen MR) is 76.1 cm³/mol. The maximum absolute atomic E-state index is 12.0.